The third-order valence-electron chi connectivity index (χ3n) is 5.41. The lowest BCUT2D eigenvalue weighted by atomic mass is 9.75. The van der Waals surface area contributed by atoms with Crippen molar-refractivity contribution in [3.8, 4) is 5.75 Å². The second-order valence-corrected chi connectivity index (χ2v) is 7.87. The predicted octanol–water partition coefficient (Wildman–Crippen LogP) is 0.712. The molecule has 1 aromatic rings. The van der Waals surface area contributed by atoms with Gasteiger partial charge in [0.1, 0.15) is 5.75 Å². The van der Waals surface area contributed by atoms with Crippen molar-refractivity contribution in [2.45, 2.75) is 50.9 Å². The largest absolute Gasteiger partial charge is 0.549 e. The van der Waals surface area contributed by atoms with Gasteiger partial charge in [-0.1, -0.05) is 25.0 Å². The van der Waals surface area contributed by atoms with Gasteiger partial charge in [-0.15, -0.1) is 0 Å². The molecule has 0 bridgehead atoms. The van der Waals surface area contributed by atoms with Crippen molar-refractivity contribution in [2.24, 2.45) is 22.4 Å². The molecule has 0 aromatic heterocycles. The van der Waals surface area contributed by atoms with E-state index in [9.17, 15) is 14.6 Å². The first-order chi connectivity index (χ1) is 15.4. The summed E-state index contributed by atoms with van der Waals surface area (Å²) in [5, 5.41) is 15.9. The van der Waals surface area contributed by atoms with Gasteiger partial charge >= 0.3 is 13.2 Å². The summed E-state index contributed by atoms with van der Waals surface area (Å²) in [7, 11) is 0.103. The van der Waals surface area contributed by atoms with Crippen molar-refractivity contribution in [3.63, 3.8) is 0 Å². The standard InChI is InChI=1S/C21H34BN5O5/c1-31-17-9-4-6-15(14-17)11-13-26-21(29)32-22(30)18(10-5-12-25-20(23)24)27-19(28)16-7-2-3-8-16/h4,6,9,14,16,18,30H,2-3,5,7-8,10-13H2,1H3,(H,26,29)(H,27,28)(H4,23,24,25). The van der Waals surface area contributed by atoms with E-state index in [1.807, 2.05) is 24.3 Å². The first-order valence-corrected chi connectivity index (χ1v) is 11.0. The number of ether oxygens (including phenoxy) is 1. The van der Waals surface area contributed by atoms with E-state index in [-0.39, 0.29) is 17.8 Å². The fourth-order valence-corrected chi connectivity index (χ4v) is 3.66. The van der Waals surface area contributed by atoms with Crippen LogP contribution in [0.4, 0.5) is 4.79 Å². The molecule has 1 saturated carbocycles. The highest BCUT2D eigenvalue weighted by molar-refractivity contribution is 6.47. The molecule has 0 aliphatic heterocycles. The Morgan fingerprint density at radius 3 is 2.75 bits per heavy atom. The number of benzene rings is 1. The number of methoxy groups -OCH3 is 1. The van der Waals surface area contributed by atoms with Crippen LogP contribution in [0.1, 0.15) is 44.1 Å². The van der Waals surface area contributed by atoms with E-state index in [0.717, 1.165) is 37.0 Å². The molecule has 1 atom stereocenters. The van der Waals surface area contributed by atoms with Gasteiger partial charge in [0.25, 0.3) is 0 Å². The second-order valence-electron chi connectivity index (χ2n) is 7.87. The Kier molecular flexibility index (Phi) is 10.7. The monoisotopic (exact) mass is 447 g/mol. The minimum absolute atomic E-state index is 0.0243. The molecule has 32 heavy (non-hydrogen) atoms. The van der Waals surface area contributed by atoms with Crippen molar-refractivity contribution in [2.75, 3.05) is 20.2 Å². The molecule has 0 radical (unpaired) electrons. The molecule has 0 heterocycles. The molecule has 7 N–H and O–H groups in total. The molecular formula is C21H34BN5O5. The van der Waals surface area contributed by atoms with Crippen LogP contribution in [0.25, 0.3) is 0 Å². The van der Waals surface area contributed by atoms with E-state index in [1.165, 1.54) is 0 Å². The molecule has 1 unspecified atom stereocenters. The van der Waals surface area contributed by atoms with E-state index in [1.54, 1.807) is 7.11 Å². The Balaban J connectivity index is 1.83. The van der Waals surface area contributed by atoms with Crippen molar-refractivity contribution in [3.05, 3.63) is 29.8 Å². The summed E-state index contributed by atoms with van der Waals surface area (Å²) in [6.07, 6.45) is 4.36. The molecule has 1 aliphatic carbocycles. The Hall–Kier alpha value is -2.95. The molecule has 0 spiro atoms. The molecule has 10 nitrogen and oxygen atoms in total. The van der Waals surface area contributed by atoms with Crippen LogP contribution < -0.4 is 26.8 Å². The fourth-order valence-electron chi connectivity index (χ4n) is 3.66. The molecule has 2 amide bonds. The Bertz CT molecular complexity index is 769. The topological polar surface area (TPSA) is 161 Å². The Labute approximate surface area is 189 Å². The maximum Gasteiger partial charge on any atom is 0.549 e. The molecule has 1 aromatic carbocycles. The van der Waals surface area contributed by atoms with Gasteiger partial charge in [-0.05, 0) is 49.8 Å². The van der Waals surface area contributed by atoms with Crippen LogP contribution in [0.2, 0.25) is 0 Å². The van der Waals surface area contributed by atoms with Crippen molar-refractivity contribution >= 4 is 25.1 Å². The zero-order valence-corrected chi connectivity index (χ0v) is 18.6. The average molecular weight is 447 g/mol. The number of carbonyl (C=O) groups is 2. The number of aliphatic imine (C=N–C) groups is 1. The van der Waals surface area contributed by atoms with Gasteiger partial charge in [0, 0.05) is 19.0 Å². The minimum Gasteiger partial charge on any atom is -0.497 e. The predicted molar refractivity (Wildman–Crippen MR) is 123 cm³/mol. The van der Waals surface area contributed by atoms with Crippen LogP contribution in [0.3, 0.4) is 0 Å². The maximum absolute atomic E-state index is 12.5. The molecule has 11 heteroatoms. The van der Waals surface area contributed by atoms with Crippen LogP contribution in [0.5, 0.6) is 5.75 Å². The summed E-state index contributed by atoms with van der Waals surface area (Å²) >= 11 is 0. The zero-order valence-electron chi connectivity index (χ0n) is 18.6. The Morgan fingerprint density at radius 1 is 1.31 bits per heavy atom. The lowest BCUT2D eigenvalue weighted by molar-refractivity contribution is -0.125. The van der Waals surface area contributed by atoms with Crippen molar-refractivity contribution in [1.29, 1.82) is 0 Å². The number of nitrogens with two attached hydrogens (primary N) is 2. The minimum atomic E-state index is -1.49. The number of rotatable bonds is 12. The van der Waals surface area contributed by atoms with Gasteiger partial charge in [0.05, 0.1) is 13.1 Å². The van der Waals surface area contributed by atoms with Crippen LogP contribution in [-0.2, 0) is 15.9 Å². The van der Waals surface area contributed by atoms with Gasteiger partial charge in [0.2, 0.25) is 5.91 Å². The van der Waals surface area contributed by atoms with Crippen LogP contribution in [0.15, 0.2) is 29.3 Å². The second kappa shape index (κ2) is 13.5. The van der Waals surface area contributed by atoms with Crippen LogP contribution in [0, 0.1) is 5.92 Å². The normalized spacial score (nSPS) is 14.3. The van der Waals surface area contributed by atoms with E-state index in [4.69, 9.17) is 20.9 Å². The van der Waals surface area contributed by atoms with E-state index >= 15 is 0 Å². The summed E-state index contributed by atoms with van der Waals surface area (Å²) in [5.74, 6) is -0.234. The van der Waals surface area contributed by atoms with Gasteiger partial charge in [-0.2, -0.15) is 0 Å². The molecule has 176 valence electrons. The highest BCUT2D eigenvalue weighted by atomic mass is 16.6. The quantitative estimate of drug-likeness (QED) is 0.136. The summed E-state index contributed by atoms with van der Waals surface area (Å²) in [6, 6.07) is 7.52. The lowest BCUT2D eigenvalue weighted by Gasteiger charge is -2.22. The zero-order chi connectivity index (χ0) is 23.3. The molecule has 1 aliphatic rings. The lowest BCUT2D eigenvalue weighted by Crippen LogP contribution is -2.51. The first kappa shape index (κ1) is 25.3. The van der Waals surface area contributed by atoms with Crippen LogP contribution >= 0.6 is 0 Å². The molecular weight excluding hydrogens is 413 g/mol. The highest BCUT2D eigenvalue weighted by Gasteiger charge is 2.34. The first-order valence-electron chi connectivity index (χ1n) is 11.0. The van der Waals surface area contributed by atoms with Gasteiger partial charge in [-0.3, -0.25) is 9.79 Å². The summed E-state index contributed by atoms with van der Waals surface area (Å²) in [5.41, 5.74) is 11.6. The molecule has 1 fully saturated rings. The average Bonchev–Trinajstić information content (AvgIpc) is 3.30. The number of amides is 2. The molecule has 0 saturated heterocycles. The highest BCUT2D eigenvalue weighted by Crippen LogP contribution is 2.25. The summed E-state index contributed by atoms with van der Waals surface area (Å²) < 4.78 is 10.3. The van der Waals surface area contributed by atoms with Crippen molar-refractivity contribution < 1.29 is 24.0 Å². The number of nitrogens with zero attached hydrogens (tertiary/aromatic N) is 1. The number of guanidine groups is 1. The SMILES string of the molecule is COc1cccc(CCNC(=O)OB(O)C(CCCN=C(N)N)NC(=O)C2CCCC2)c1. The molecule has 2 rings (SSSR count). The maximum atomic E-state index is 12.5. The van der Waals surface area contributed by atoms with Crippen molar-refractivity contribution in [1.82, 2.24) is 10.6 Å². The van der Waals surface area contributed by atoms with E-state index in [2.05, 4.69) is 15.6 Å². The summed E-state index contributed by atoms with van der Waals surface area (Å²) in [4.78, 5) is 28.6. The van der Waals surface area contributed by atoms with E-state index < -0.39 is 19.2 Å². The number of carbonyl (C=O) groups excluding carboxylic acids is 2. The van der Waals surface area contributed by atoms with Gasteiger partial charge in [-0.25, -0.2) is 4.79 Å². The number of hydrogen-bond acceptors (Lipinski definition) is 6. The van der Waals surface area contributed by atoms with Gasteiger partial charge in [0.15, 0.2) is 5.96 Å². The van der Waals surface area contributed by atoms with Crippen LogP contribution in [-0.4, -0.2) is 56.2 Å². The number of hydrogen-bond donors (Lipinski definition) is 5. The number of nitrogens with one attached hydrogen (secondary N) is 2. The fraction of sp³-hybridized carbons (Fsp3) is 0.571. The summed E-state index contributed by atoms with van der Waals surface area (Å²) in [6.45, 7) is 0.667. The third kappa shape index (κ3) is 9.05. The van der Waals surface area contributed by atoms with E-state index in [0.29, 0.717) is 32.4 Å². The Morgan fingerprint density at radius 2 is 2.06 bits per heavy atom. The van der Waals surface area contributed by atoms with Gasteiger partial charge < -0.3 is 36.5 Å². The smallest absolute Gasteiger partial charge is 0.497 e. The third-order valence-corrected chi connectivity index (χ3v) is 5.41.